The molecule has 0 aromatic rings. The second-order valence-corrected chi connectivity index (χ2v) is 4.91. The van der Waals surface area contributed by atoms with Gasteiger partial charge in [0.15, 0.2) is 0 Å². The SMILES string of the molecule is CCC(C)CN(CC)C(C(=O)OC)C1CC1. The normalized spacial score (nSPS) is 19.6. The molecule has 0 amide bonds. The fraction of sp³-hybridized carbons (Fsp3) is 0.923. The quantitative estimate of drug-likeness (QED) is 0.625. The molecule has 0 aromatic carbocycles. The first-order valence-electron chi connectivity index (χ1n) is 6.45. The Morgan fingerprint density at radius 3 is 2.44 bits per heavy atom. The molecule has 16 heavy (non-hydrogen) atoms. The average molecular weight is 227 g/mol. The summed E-state index contributed by atoms with van der Waals surface area (Å²) < 4.78 is 4.93. The minimum Gasteiger partial charge on any atom is -0.468 e. The van der Waals surface area contributed by atoms with Gasteiger partial charge in [-0.2, -0.15) is 0 Å². The Bertz CT molecular complexity index is 226. The summed E-state index contributed by atoms with van der Waals surface area (Å²) in [6.07, 6.45) is 3.52. The van der Waals surface area contributed by atoms with E-state index in [0.29, 0.717) is 11.8 Å². The largest absolute Gasteiger partial charge is 0.468 e. The smallest absolute Gasteiger partial charge is 0.323 e. The summed E-state index contributed by atoms with van der Waals surface area (Å²) in [5, 5.41) is 0. The van der Waals surface area contributed by atoms with Crippen molar-refractivity contribution in [2.24, 2.45) is 11.8 Å². The maximum atomic E-state index is 11.8. The Balaban J connectivity index is 2.61. The minimum atomic E-state index is -0.0485. The van der Waals surface area contributed by atoms with Gasteiger partial charge in [0.05, 0.1) is 7.11 Å². The van der Waals surface area contributed by atoms with Crippen molar-refractivity contribution in [3.05, 3.63) is 0 Å². The second-order valence-electron chi connectivity index (χ2n) is 4.91. The van der Waals surface area contributed by atoms with Crippen LogP contribution in [0.15, 0.2) is 0 Å². The van der Waals surface area contributed by atoms with Crippen LogP contribution in [0.5, 0.6) is 0 Å². The fourth-order valence-corrected chi connectivity index (χ4v) is 2.14. The summed E-state index contributed by atoms with van der Waals surface area (Å²) in [7, 11) is 1.49. The minimum absolute atomic E-state index is 0.00370. The van der Waals surface area contributed by atoms with E-state index in [-0.39, 0.29) is 12.0 Å². The summed E-state index contributed by atoms with van der Waals surface area (Å²) in [6, 6.07) is 0.00370. The van der Waals surface area contributed by atoms with Crippen LogP contribution in [-0.4, -0.2) is 37.1 Å². The van der Waals surface area contributed by atoms with Crippen molar-refractivity contribution in [1.82, 2.24) is 4.90 Å². The predicted molar refractivity (Wildman–Crippen MR) is 65.2 cm³/mol. The molecule has 0 heterocycles. The molecule has 0 radical (unpaired) electrons. The summed E-state index contributed by atoms with van der Waals surface area (Å²) in [5.41, 5.74) is 0. The van der Waals surface area contributed by atoms with E-state index in [4.69, 9.17) is 4.74 Å². The lowest BCUT2D eigenvalue weighted by Gasteiger charge is -2.30. The van der Waals surface area contributed by atoms with E-state index in [1.54, 1.807) is 0 Å². The molecule has 1 aliphatic carbocycles. The third-order valence-electron chi connectivity index (χ3n) is 3.55. The van der Waals surface area contributed by atoms with Crippen LogP contribution in [0.4, 0.5) is 0 Å². The number of hydrogen-bond acceptors (Lipinski definition) is 3. The molecular weight excluding hydrogens is 202 g/mol. The van der Waals surface area contributed by atoms with Crippen LogP contribution < -0.4 is 0 Å². The van der Waals surface area contributed by atoms with Gasteiger partial charge >= 0.3 is 5.97 Å². The van der Waals surface area contributed by atoms with E-state index in [0.717, 1.165) is 19.5 Å². The summed E-state index contributed by atoms with van der Waals surface area (Å²) in [4.78, 5) is 14.1. The number of methoxy groups -OCH3 is 1. The molecule has 94 valence electrons. The van der Waals surface area contributed by atoms with Crippen LogP contribution in [0.25, 0.3) is 0 Å². The lowest BCUT2D eigenvalue weighted by molar-refractivity contribution is -0.148. The van der Waals surface area contributed by atoms with Gasteiger partial charge in [0, 0.05) is 6.54 Å². The third kappa shape index (κ3) is 3.48. The van der Waals surface area contributed by atoms with Crippen LogP contribution in [0, 0.1) is 11.8 Å². The molecule has 0 aromatic heterocycles. The molecule has 1 fully saturated rings. The predicted octanol–water partition coefficient (Wildman–Crippen LogP) is 2.31. The van der Waals surface area contributed by atoms with E-state index in [1.807, 2.05) is 0 Å². The van der Waals surface area contributed by atoms with Crippen molar-refractivity contribution in [2.75, 3.05) is 20.2 Å². The van der Waals surface area contributed by atoms with Crippen LogP contribution in [0.3, 0.4) is 0 Å². The van der Waals surface area contributed by atoms with Gasteiger partial charge in [-0.15, -0.1) is 0 Å². The molecule has 1 saturated carbocycles. The molecule has 0 aliphatic heterocycles. The van der Waals surface area contributed by atoms with E-state index >= 15 is 0 Å². The summed E-state index contributed by atoms with van der Waals surface area (Å²) in [5.74, 6) is 1.13. The Kier molecular flexibility index (Phi) is 5.26. The first-order valence-corrected chi connectivity index (χ1v) is 6.45. The maximum absolute atomic E-state index is 11.8. The van der Waals surface area contributed by atoms with Crippen LogP contribution in [0.1, 0.15) is 40.0 Å². The molecule has 1 aliphatic rings. The lowest BCUT2D eigenvalue weighted by Crippen LogP contribution is -2.45. The van der Waals surface area contributed by atoms with Gasteiger partial charge in [-0.25, -0.2) is 0 Å². The van der Waals surface area contributed by atoms with Gasteiger partial charge in [0.1, 0.15) is 6.04 Å². The van der Waals surface area contributed by atoms with Crippen molar-refractivity contribution in [3.8, 4) is 0 Å². The number of carbonyl (C=O) groups excluding carboxylic acids is 1. The summed E-state index contributed by atoms with van der Waals surface area (Å²) in [6.45, 7) is 8.50. The number of rotatable bonds is 7. The molecule has 3 nitrogen and oxygen atoms in total. The van der Waals surface area contributed by atoms with Crippen molar-refractivity contribution >= 4 is 5.97 Å². The fourth-order valence-electron chi connectivity index (χ4n) is 2.14. The number of carbonyl (C=O) groups is 1. The van der Waals surface area contributed by atoms with Crippen LogP contribution >= 0.6 is 0 Å². The van der Waals surface area contributed by atoms with E-state index < -0.39 is 0 Å². The zero-order valence-corrected chi connectivity index (χ0v) is 11.0. The number of likely N-dealkylation sites (N-methyl/N-ethyl adjacent to an activating group) is 1. The maximum Gasteiger partial charge on any atom is 0.323 e. The number of esters is 1. The molecule has 0 N–H and O–H groups in total. The molecular formula is C13H25NO2. The zero-order valence-electron chi connectivity index (χ0n) is 11.0. The highest BCUT2D eigenvalue weighted by Crippen LogP contribution is 2.36. The van der Waals surface area contributed by atoms with Gasteiger partial charge in [-0.05, 0) is 31.2 Å². The van der Waals surface area contributed by atoms with E-state index in [9.17, 15) is 4.79 Å². The molecule has 2 unspecified atom stereocenters. The standard InChI is InChI=1S/C13H25NO2/c1-5-10(3)9-14(6-2)12(11-7-8-11)13(15)16-4/h10-12H,5-9H2,1-4H3. The molecule has 1 rings (SSSR count). The average Bonchev–Trinajstić information content (AvgIpc) is 3.11. The highest BCUT2D eigenvalue weighted by Gasteiger charge is 2.40. The molecule has 0 saturated heterocycles. The van der Waals surface area contributed by atoms with Crippen molar-refractivity contribution in [2.45, 2.75) is 46.1 Å². The van der Waals surface area contributed by atoms with Gasteiger partial charge in [-0.3, -0.25) is 9.69 Å². The summed E-state index contributed by atoms with van der Waals surface area (Å²) >= 11 is 0. The Labute approximate surface area is 99.1 Å². The Morgan fingerprint density at radius 1 is 1.44 bits per heavy atom. The highest BCUT2D eigenvalue weighted by molar-refractivity contribution is 5.76. The Hall–Kier alpha value is -0.570. The zero-order chi connectivity index (χ0) is 12.1. The Morgan fingerprint density at radius 2 is 2.06 bits per heavy atom. The monoisotopic (exact) mass is 227 g/mol. The molecule has 3 heteroatoms. The third-order valence-corrected chi connectivity index (χ3v) is 3.55. The topological polar surface area (TPSA) is 29.5 Å². The lowest BCUT2D eigenvalue weighted by atomic mass is 10.1. The second kappa shape index (κ2) is 6.24. The van der Waals surface area contributed by atoms with Crippen molar-refractivity contribution < 1.29 is 9.53 Å². The first kappa shape index (κ1) is 13.5. The number of ether oxygens (including phenoxy) is 1. The van der Waals surface area contributed by atoms with Crippen LogP contribution in [-0.2, 0) is 9.53 Å². The molecule has 0 spiro atoms. The van der Waals surface area contributed by atoms with Gasteiger partial charge < -0.3 is 4.74 Å². The van der Waals surface area contributed by atoms with Gasteiger partial charge in [-0.1, -0.05) is 27.2 Å². The molecule has 2 atom stereocenters. The van der Waals surface area contributed by atoms with E-state index in [1.165, 1.54) is 20.0 Å². The van der Waals surface area contributed by atoms with Gasteiger partial charge in [0.25, 0.3) is 0 Å². The molecule has 0 bridgehead atoms. The van der Waals surface area contributed by atoms with Crippen molar-refractivity contribution in [3.63, 3.8) is 0 Å². The van der Waals surface area contributed by atoms with Crippen LogP contribution in [0.2, 0.25) is 0 Å². The highest BCUT2D eigenvalue weighted by atomic mass is 16.5. The number of hydrogen-bond donors (Lipinski definition) is 0. The first-order chi connectivity index (χ1) is 7.63. The number of nitrogens with zero attached hydrogens (tertiary/aromatic N) is 1. The van der Waals surface area contributed by atoms with Gasteiger partial charge in [0.2, 0.25) is 0 Å². The van der Waals surface area contributed by atoms with Crippen molar-refractivity contribution in [1.29, 1.82) is 0 Å². The van der Waals surface area contributed by atoms with E-state index in [2.05, 4.69) is 25.7 Å².